The van der Waals surface area contributed by atoms with Gasteiger partial charge in [-0.1, -0.05) is 17.7 Å². The number of aromatic nitrogens is 4. The molecule has 3 aromatic rings. The Kier molecular flexibility index (Phi) is 3.59. The van der Waals surface area contributed by atoms with Crippen LogP contribution in [0, 0.1) is 0 Å². The third-order valence-electron chi connectivity index (χ3n) is 3.19. The highest BCUT2D eigenvalue weighted by molar-refractivity contribution is 6.31. The molecule has 20 heavy (non-hydrogen) atoms. The van der Waals surface area contributed by atoms with Gasteiger partial charge in [0.1, 0.15) is 11.3 Å². The van der Waals surface area contributed by atoms with Crippen LogP contribution in [0.15, 0.2) is 36.7 Å². The molecule has 0 aliphatic rings. The van der Waals surface area contributed by atoms with Crippen molar-refractivity contribution < 1.29 is 0 Å². The summed E-state index contributed by atoms with van der Waals surface area (Å²) in [5.41, 5.74) is 2.45. The summed E-state index contributed by atoms with van der Waals surface area (Å²) in [7, 11) is 0. The summed E-state index contributed by atoms with van der Waals surface area (Å²) in [6.45, 7) is 2.05. The van der Waals surface area contributed by atoms with Gasteiger partial charge in [0, 0.05) is 12.4 Å². The first-order chi connectivity index (χ1) is 9.70. The summed E-state index contributed by atoms with van der Waals surface area (Å²) >= 11 is 12.0. The Labute approximate surface area is 126 Å². The number of imidazole rings is 1. The van der Waals surface area contributed by atoms with E-state index in [1.807, 2.05) is 22.8 Å². The molecule has 0 spiro atoms. The number of rotatable bonds is 3. The second kappa shape index (κ2) is 5.38. The maximum Gasteiger partial charge on any atom is 0.160 e. The van der Waals surface area contributed by atoms with Gasteiger partial charge in [0.2, 0.25) is 0 Å². The second-order valence-corrected chi connectivity index (χ2v) is 5.16. The van der Waals surface area contributed by atoms with Crippen molar-refractivity contribution in [1.29, 1.82) is 0 Å². The van der Waals surface area contributed by atoms with Crippen LogP contribution in [0.25, 0.3) is 11.2 Å². The number of pyridine rings is 2. The minimum atomic E-state index is 0.00336. The zero-order valence-electron chi connectivity index (χ0n) is 10.8. The summed E-state index contributed by atoms with van der Waals surface area (Å²) in [6.07, 6.45) is 3.39. The third kappa shape index (κ3) is 2.25. The molecule has 0 aliphatic heterocycles. The van der Waals surface area contributed by atoms with E-state index in [2.05, 4.69) is 21.9 Å². The molecule has 0 aromatic carbocycles. The summed E-state index contributed by atoms with van der Waals surface area (Å²) < 4.78 is 2.00. The van der Waals surface area contributed by atoms with Crippen molar-refractivity contribution in [1.82, 2.24) is 19.5 Å². The van der Waals surface area contributed by atoms with Gasteiger partial charge in [-0.2, -0.15) is 0 Å². The molecule has 102 valence electrons. The monoisotopic (exact) mass is 306 g/mol. The normalized spacial score (nSPS) is 12.8. The minimum absolute atomic E-state index is 0.00336. The van der Waals surface area contributed by atoms with E-state index in [4.69, 9.17) is 23.2 Å². The highest BCUT2D eigenvalue weighted by atomic mass is 35.5. The van der Waals surface area contributed by atoms with Gasteiger partial charge in [-0.3, -0.25) is 4.98 Å². The molecule has 0 N–H and O–H groups in total. The van der Waals surface area contributed by atoms with E-state index in [0.717, 1.165) is 22.7 Å². The molecule has 0 aliphatic carbocycles. The Morgan fingerprint density at radius 1 is 1.30 bits per heavy atom. The maximum atomic E-state index is 6.01. The van der Waals surface area contributed by atoms with E-state index in [9.17, 15) is 0 Å². The average molecular weight is 307 g/mol. The quantitative estimate of drug-likeness (QED) is 0.691. The fourth-order valence-electron chi connectivity index (χ4n) is 2.26. The average Bonchev–Trinajstić information content (AvgIpc) is 2.84. The molecule has 1 atom stereocenters. The summed E-state index contributed by atoms with van der Waals surface area (Å²) in [4.78, 5) is 13.3. The maximum absolute atomic E-state index is 6.01. The lowest BCUT2D eigenvalue weighted by Gasteiger charge is -2.15. The van der Waals surface area contributed by atoms with Gasteiger partial charge in [0.25, 0.3) is 0 Å². The van der Waals surface area contributed by atoms with Crippen LogP contribution in [0.3, 0.4) is 0 Å². The Bertz CT molecular complexity index is 740. The van der Waals surface area contributed by atoms with Crippen LogP contribution in [0.4, 0.5) is 0 Å². The van der Waals surface area contributed by atoms with Gasteiger partial charge < -0.3 is 4.57 Å². The topological polar surface area (TPSA) is 43.6 Å². The lowest BCUT2D eigenvalue weighted by atomic mass is 10.2. The molecule has 0 amide bonds. The van der Waals surface area contributed by atoms with Gasteiger partial charge in [-0.25, -0.2) is 9.97 Å². The fraction of sp³-hybridized carbons (Fsp3) is 0.214. The fourth-order valence-corrected chi connectivity index (χ4v) is 2.60. The lowest BCUT2D eigenvalue weighted by molar-refractivity contribution is 0.612. The van der Waals surface area contributed by atoms with E-state index >= 15 is 0 Å². The first-order valence-electron chi connectivity index (χ1n) is 6.20. The molecule has 0 radical (unpaired) electrons. The number of fused-ring (bicyclic) bond motifs is 1. The molecule has 1 unspecified atom stereocenters. The smallest absolute Gasteiger partial charge is 0.160 e. The van der Waals surface area contributed by atoms with Gasteiger partial charge in [-0.05, 0) is 25.1 Å². The van der Waals surface area contributed by atoms with Crippen LogP contribution >= 0.6 is 23.2 Å². The first-order valence-corrected chi connectivity index (χ1v) is 7.11. The van der Waals surface area contributed by atoms with E-state index in [0.29, 0.717) is 10.9 Å². The molecule has 3 heterocycles. The molecule has 0 saturated carbocycles. The third-order valence-corrected chi connectivity index (χ3v) is 3.64. The van der Waals surface area contributed by atoms with Crippen LogP contribution in [0.1, 0.15) is 24.5 Å². The van der Waals surface area contributed by atoms with Crippen molar-refractivity contribution in [2.24, 2.45) is 0 Å². The summed E-state index contributed by atoms with van der Waals surface area (Å²) in [6, 6.07) is 7.63. The highest BCUT2D eigenvalue weighted by Gasteiger charge is 2.18. The molecular weight excluding hydrogens is 295 g/mol. The predicted octanol–water partition coefficient (Wildman–Crippen LogP) is 3.83. The Morgan fingerprint density at radius 3 is 2.85 bits per heavy atom. The minimum Gasteiger partial charge on any atom is -0.303 e. The summed E-state index contributed by atoms with van der Waals surface area (Å²) in [5.74, 6) is 1.07. The molecular formula is C14H12Cl2N4. The van der Waals surface area contributed by atoms with Crippen molar-refractivity contribution in [2.45, 2.75) is 18.8 Å². The number of alkyl halides is 1. The predicted molar refractivity (Wildman–Crippen MR) is 80.1 cm³/mol. The van der Waals surface area contributed by atoms with Crippen LogP contribution in [0.2, 0.25) is 5.02 Å². The van der Waals surface area contributed by atoms with Crippen molar-refractivity contribution in [3.63, 3.8) is 0 Å². The Morgan fingerprint density at radius 2 is 2.15 bits per heavy atom. The van der Waals surface area contributed by atoms with Crippen LogP contribution in [0.5, 0.6) is 0 Å². The van der Waals surface area contributed by atoms with Crippen molar-refractivity contribution in [3.05, 3.63) is 53.2 Å². The van der Waals surface area contributed by atoms with Gasteiger partial charge in [0.05, 0.1) is 22.6 Å². The molecule has 0 bridgehead atoms. The molecule has 0 saturated heterocycles. The molecule has 0 fully saturated rings. The molecule has 4 nitrogen and oxygen atoms in total. The van der Waals surface area contributed by atoms with Crippen molar-refractivity contribution in [2.75, 3.05) is 0 Å². The van der Waals surface area contributed by atoms with Crippen LogP contribution in [-0.2, 0) is 5.88 Å². The number of nitrogens with zero attached hydrogens (tertiary/aromatic N) is 4. The van der Waals surface area contributed by atoms with Gasteiger partial charge in [0.15, 0.2) is 5.65 Å². The lowest BCUT2D eigenvalue weighted by Crippen LogP contribution is -2.11. The van der Waals surface area contributed by atoms with Crippen molar-refractivity contribution in [3.8, 4) is 0 Å². The molecule has 3 aromatic heterocycles. The summed E-state index contributed by atoms with van der Waals surface area (Å²) in [5, 5.41) is 0.564. The Balaban J connectivity index is 2.19. The number of hydrogen-bond acceptors (Lipinski definition) is 3. The van der Waals surface area contributed by atoms with Crippen LogP contribution < -0.4 is 0 Å². The second-order valence-electron chi connectivity index (χ2n) is 4.46. The standard InChI is InChI=1S/C14H12Cl2N4/c1-9(11-4-2-3-5-17-11)20-13(7-15)19-12-6-10(16)8-18-14(12)20/h2-6,8-9H,7H2,1H3. The molecule has 6 heteroatoms. The zero-order chi connectivity index (χ0) is 14.1. The van der Waals surface area contributed by atoms with E-state index in [1.54, 1.807) is 18.5 Å². The van der Waals surface area contributed by atoms with Crippen LogP contribution in [-0.4, -0.2) is 19.5 Å². The Hall–Kier alpha value is -1.65. The van der Waals surface area contributed by atoms with Crippen molar-refractivity contribution >= 4 is 34.4 Å². The number of hydrogen-bond donors (Lipinski definition) is 0. The van der Waals surface area contributed by atoms with E-state index in [1.165, 1.54) is 0 Å². The van der Waals surface area contributed by atoms with E-state index < -0.39 is 0 Å². The van der Waals surface area contributed by atoms with E-state index in [-0.39, 0.29) is 6.04 Å². The first kappa shape index (κ1) is 13.3. The molecule has 3 rings (SSSR count). The van der Waals surface area contributed by atoms with Gasteiger partial charge in [-0.15, -0.1) is 11.6 Å². The van der Waals surface area contributed by atoms with Gasteiger partial charge >= 0.3 is 0 Å². The SMILES string of the molecule is CC(c1ccccn1)n1c(CCl)nc2cc(Cl)cnc21. The highest BCUT2D eigenvalue weighted by Crippen LogP contribution is 2.25. The zero-order valence-corrected chi connectivity index (χ0v) is 12.3. The number of halogens is 2. The largest absolute Gasteiger partial charge is 0.303 e.